The molecular weight excluding hydrogens is 388 g/mol. The van der Waals surface area contributed by atoms with E-state index in [1.165, 1.54) is 16.8 Å². The highest BCUT2D eigenvalue weighted by Crippen LogP contribution is 2.59. The van der Waals surface area contributed by atoms with Crippen molar-refractivity contribution in [2.75, 3.05) is 11.4 Å². The number of non-ortho nitro benzene ring substituents is 1. The molecule has 5 atom stereocenters. The van der Waals surface area contributed by atoms with Gasteiger partial charge in [-0.15, -0.1) is 0 Å². The lowest BCUT2D eigenvalue weighted by Crippen LogP contribution is -2.46. The summed E-state index contributed by atoms with van der Waals surface area (Å²) in [5.41, 5.74) is 5.72. The third-order valence-corrected chi connectivity index (χ3v) is 7.68. The van der Waals surface area contributed by atoms with Crippen LogP contribution in [0, 0.1) is 22.0 Å². The fourth-order valence-electron chi connectivity index (χ4n) is 6.38. The highest BCUT2D eigenvalue weighted by molar-refractivity contribution is 5.96. The van der Waals surface area contributed by atoms with E-state index >= 15 is 0 Å². The normalized spacial score (nSPS) is 29.5. The number of nitro groups is 1. The lowest BCUT2D eigenvalue weighted by Gasteiger charge is -2.51. The van der Waals surface area contributed by atoms with Crippen molar-refractivity contribution in [2.45, 2.75) is 37.6 Å². The zero-order chi connectivity index (χ0) is 21.3. The van der Waals surface area contributed by atoms with E-state index in [9.17, 15) is 14.9 Å². The van der Waals surface area contributed by atoms with Gasteiger partial charge in [0.15, 0.2) is 5.78 Å². The van der Waals surface area contributed by atoms with Crippen LogP contribution in [0.5, 0.6) is 0 Å². The number of fused-ring (bicyclic) bond motifs is 4. The van der Waals surface area contributed by atoms with Crippen molar-refractivity contribution in [3.63, 3.8) is 0 Å². The lowest BCUT2D eigenvalue weighted by atomic mass is 9.70. The molecule has 2 aliphatic carbocycles. The van der Waals surface area contributed by atoms with Gasteiger partial charge in [-0.25, -0.2) is 0 Å². The first-order valence-corrected chi connectivity index (χ1v) is 11.1. The Kier molecular flexibility index (Phi) is 3.98. The first kappa shape index (κ1) is 18.6. The van der Waals surface area contributed by atoms with Crippen molar-refractivity contribution in [2.24, 2.45) is 11.8 Å². The maximum absolute atomic E-state index is 12.4. The van der Waals surface area contributed by atoms with Crippen LogP contribution in [0.4, 0.5) is 11.4 Å². The second kappa shape index (κ2) is 6.64. The molecule has 0 N–H and O–H groups in total. The van der Waals surface area contributed by atoms with E-state index in [1.807, 2.05) is 12.1 Å². The minimum Gasteiger partial charge on any atom is -0.363 e. The van der Waals surface area contributed by atoms with Crippen molar-refractivity contribution in [1.82, 2.24) is 0 Å². The Morgan fingerprint density at radius 2 is 1.81 bits per heavy atom. The maximum atomic E-state index is 12.4. The summed E-state index contributed by atoms with van der Waals surface area (Å²) in [7, 11) is 0. The van der Waals surface area contributed by atoms with Crippen LogP contribution in [-0.2, 0) is 0 Å². The number of nitro benzene ring substituents is 1. The molecule has 0 unspecified atom stereocenters. The van der Waals surface area contributed by atoms with E-state index in [-0.39, 0.29) is 28.4 Å². The fraction of sp³-hybridized carbons (Fsp3) is 0.346. The highest BCUT2D eigenvalue weighted by Gasteiger charge is 2.48. The molecule has 5 nitrogen and oxygen atoms in total. The number of nitrogens with zero attached hydrogens (tertiary/aromatic N) is 2. The molecule has 2 aliphatic heterocycles. The van der Waals surface area contributed by atoms with E-state index in [0.29, 0.717) is 17.8 Å². The van der Waals surface area contributed by atoms with E-state index in [4.69, 9.17) is 0 Å². The summed E-state index contributed by atoms with van der Waals surface area (Å²) in [5.74, 6) is 1.48. The third kappa shape index (κ3) is 2.65. The molecular formula is C26H24N2O3. The number of hydrogen-bond donors (Lipinski definition) is 0. The second-order valence-electron chi connectivity index (χ2n) is 9.31. The van der Waals surface area contributed by atoms with Gasteiger partial charge in [-0.3, -0.25) is 14.9 Å². The summed E-state index contributed by atoms with van der Waals surface area (Å²) >= 11 is 0. The zero-order valence-corrected chi connectivity index (χ0v) is 17.4. The molecule has 4 aliphatic rings. The summed E-state index contributed by atoms with van der Waals surface area (Å²) in [4.78, 5) is 26.0. The third-order valence-electron chi connectivity index (χ3n) is 7.68. The van der Waals surface area contributed by atoms with Crippen LogP contribution in [0.25, 0.3) is 0 Å². The van der Waals surface area contributed by atoms with Gasteiger partial charge in [-0.2, -0.15) is 0 Å². The molecule has 2 aromatic rings. The minimum atomic E-state index is -0.303. The summed E-state index contributed by atoms with van der Waals surface area (Å²) in [5, 5.41) is 11.5. The van der Waals surface area contributed by atoms with Crippen molar-refractivity contribution >= 4 is 17.2 Å². The van der Waals surface area contributed by atoms with Crippen LogP contribution < -0.4 is 4.90 Å². The standard InChI is InChI=1S/C26H24N2O3/c1-15(29)18-12-23-20-8-3-6-17(20)14-27-25(16-5-2-7-19(11-16)28(30)31)22-10-4-9-21(22)24(13-18)26(23)27/h2-5,7-9,11-13,17,20-22,25H,6,10,14H2,1H3/t17-,20+,21-,22+,25+/m1/s1. The van der Waals surface area contributed by atoms with Crippen molar-refractivity contribution in [1.29, 1.82) is 0 Å². The summed E-state index contributed by atoms with van der Waals surface area (Å²) < 4.78 is 0. The van der Waals surface area contributed by atoms with Gasteiger partial charge in [0, 0.05) is 41.8 Å². The Balaban J connectivity index is 1.58. The molecule has 0 radical (unpaired) electrons. The monoisotopic (exact) mass is 412 g/mol. The number of carbonyl (C=O) groups is 1. The maximum Gasteiger partial charge on any atom is 0.269 e. The molecule has 6 rings (SSSR count). The highest BCUT2D eigenvalue weighted by atomic mass is 16.6. The number of ketones is 1. The van der Waals surface area contributed by atoms with E-state index in [1.54, 1.807) is 19.1 Å². The predicted octanol–water partition coefficient (Wildman–Crippen LogP) is 5.69. The molecule has 0 fully saturated rings. The summed E-state index contributed by atoms with van der Waals surface area (Å²) in [6, 6.07) is 11.5. The first-order chi connectivity index (χ1) is 15.0. The summed E-state index contributed by atoms with van der Waals surface area (Å²) in [6.07, 6.45) is 11.1. The topological polar surface area (TPSA) is 63.4 Å². The zero-order valence-electron chi connectivity index (χ0n) is 17.4. The lowest BCUT2D eigenvalue weighted by molar-refractivity contribution is -0.384. The van der Waals surface area contributed by atoms with Gasteiger partial charge in [0.25, 0.3) is 5.69 Å². The quantitative estimate of drug-likeness (QED) is 0.281. The van der Waals surface area contributed by atoms with Crippen LogP contribution in [0.3, 0.4) is 0 Å². The Morgan fingerprint density at radius 1 is 1.06 bits per heavy atom. The van der Waals surface area contributed by atoms with Gasteiger partial charge in [-0.1, -0.05) is 36.4 Å². The smallest absolute Gasteiger partial charge is 0.269 e. The number of allylic oxidation sites excluding steroid dienone is 4. The van der Waals surface area contributed by atoms with Gasteiger partial charge in [0.05, 0.1) is 11.0 Å². The molecule has 156 valence electrons. The van der Waals surface area contributed by atoms with Crippen LogP contribution in [-0.4, -0.2) is 17.3 Å². The Hall–Kier alpha value is -3.21. The van der Waals surface area contributed by atoms with Crippen LogP contribution >= 0.6 is 0 Å². The molecule has 0 spiro atoms. The number of carbonyl (C=O) groups excluding carboxylic acids is 1. The Bertz CT molecular complexity index is 1160. The van der Waals surface area contributed by atoms with Gasteiger partial charge in [0.1, 0.15) is 0 Å². The number of rotatable bonds is 3. The minimum absolute atomic E-state index is 0.0934. The Labute approximate surface area is 181 Å². The number of hydrogen-bond acceptors (Lipinski definition) is 4. The fourth-order valence-corrected chi connectivity index (χ4v) is 6.38. The molecule has 0 saturated carbocycles. The van der Waals surface area contributed by atoms with E-state index in [2.05, 4.69) is 41.3 Å². The van der Waals surface area contributed by atoms with Gasteiger partial charge in [-0.05, 0) is 60.4 Å². The molecule has 0 amide bonds. The van der Waals surface area contributed by atoms with Crippen LogP contribution in [0.15, 0.2) is 60.7 Å². The largest absolute Gasteiger partial charge is 0.363 e. The predicted molar refractivity (Wildman–Crippen MR) is 120 cm³/mol. The second-order valence-corrected chi connectivity index (χ2v) is 9.31. The van der Waals surface area contributed by atoms with Crippen molar-refractivity contribution in [3.05, 3.63) is 93.1 Å². The number of Topliss-reactive ketones (excluding diaryl/α,β-unsaturated/α-hetero) is 1. The number of anilines is 1. The Morgan fingerprint density at radius 3 is 2.58 bits per heavy atom. The van der Waals surface area contributed by atoms with Crippen molar-refractivity contribution < 1.29 is 9.72 Å². The van der Waals surface area contributed by atoms with E-state index in [0.717, 1.165) is 30.5 Å². The van der Waals surface area contributed by atoms with Gasteiger partial charge >= 0.3 is 0 Å². The molecule has 2 aromatic carbocycles. The SMILES string of the molecule is CC(=O)c1cc2c3c(c1)[C@@H]1C=CC[C@@H]1[C@H](c1cccc([N+](=O)[O-])c1)N3C[C@H]1CC=C[C@H]21. The van der Waals surface area contributed by atoms with Gasteiger partial charge in [0.2, 0.25) is 0 Å². The average Bonchev–Trinajstić information content (AvgIpc) is 3.43. The van der Waals surface area contributed by atoms with Crippen molar-refractivity contribution in [3.8, 4) is 0 Å². The molecule has 5 heteroatoms. The van der Waals surface area contributed by atoms with Crippen LogP contribution in [0.2, 0.25) is 0 Å². The summed E-state index contributed by atoms with van der Waals surface area (Å²) in [6.45, 7) is 2.58. The average molecular weight is 412 g/mol. The molecule has 0 bridgehead atoms. The molecule has 31 heavy (non-hydrogen) atoms. The van der Waals surface area contributed by atoms with Gasteiger partial charge < -0.3 is 4.90 Å². The molecule has 2 heterocycles. The molecule has 0 aromatic heterocycles. The van der Waals surface area contributed by atoms with Crippen LogP contribution in [0.1, 0.15) is 64.7 Å². The van der Waals surface area contributed by atoms with E-state index < -0.39 is 0 Å². The first-order valence-electron chi connectivity index (χ1n) is 11.1. The number of benzene rings is 2. The molecule has 0 saturated heterocycles.